The molecular weight excluding hydrogens is 213 g/mol. The van der Waals surface area contributed by atoms with Crippen molar-refractivity contribution in [2.45, 2.75) is 18.4 Å². The van der Waals surface area contributed by atoms with Crippen LogP contribution in [0.4, 0.5) is 4.39 Å². The van der Waals surface area contributed by atoms with Gasteiger partial charge in [-0.3, -0.25) is 0 Å². The topological polar surface area (TPSA) is 26.0 Å². The molecule has 0 amide bonds. The lowest BCUT2D eigenvalue weighted by molar-refractivity contribution is 0.499. The van der Waals surface area contributed by atoms with Crippen molar-refractivity contribution in [2.75, 3.05) is 0 Å². The molecule has 0 radical (unpaired) electrons. The van der Waals surface area contributed by atoms with Crippen LogP contribution < -0.4 is 5.73 Å². The Labute approximate surface area is 100 Å². The maximum absolute atomic E-state index is 12.8. The average molecular weight is 227 g/mol. The maximum Gasteiger partial charge on any atom is 0.123 e. The molecule has 0 aliphatic heterocycles. The zero-order valence-corrected chi connectivity index (χ0v) is 9.44. The first kappa shape index (κ1) is 10.5. The normalized spacial score (nSPS) is 19.3. The maximum atomic E-state index is 12.8. The van der Waals surface area contributed by atoms with Crippen molar-refractivity contribution in [3.05, 3.63) is 71.0 Å². The summed E-state index contributed by atoms with van der Waals surface area (Å²) >= 11 is 0. The molecule has 86 valence electrons. The van der Waals surface area contributed by atoms with Crippen LogP contribution in [0.1, 0.15) is 28.7 Å². The minimum absolute atomic E-state index is 0.0366. The van der Waals surface area contributed by atoms with E-state index in [1.807, 2.05) is 6.07 Å². The zero-order valence-electron chi connectivity index (χ0n) is 9.44. The third-order valence-corrected chi connectivity index (χ3v) is 3.58. The molecule has 17 heavy (non-hydrogen) atoms. The Morgan fingerprint density at radius 1 is 1.06 bits per heavy atom. The van der Waals surface area contributed by atoms with E-state index in [0.29, 0.717) is 5.92 Å². The second-order valence-corrected chi connectivity index (χ2v) is 4.59. The molecule has 3 rings (SSSR count). The molecular formula is C15H14FN. The highest BCUT2D eigenvalue weighted by Crippen LogP contribution is 2.42. The third kappa shape index (κ3) is 1.75. The lowest BCUT2D eigenvalue weighted by Crippen LogP contribution is -2.28. The fraction of sp³-hybridized carbons (Fsp3) is 0.200. The number of nitrogens with two attached hydrogens (primary N) is 1. The van der Waals surface area contributed by atoms with Crippen LogP contribution in [0.3, 0.4) is 0 Å². The lowest BCUT2D eigenvalue weighted by atomic mass is 9.72. The lowest BCUT2D eigenvalue weighted by Gasteiger charge is -2.34. The molecule has 2 N–H and O–H groups in total. The molecule has 2 aromatic carbocycles. The van der Waals surface area contributed by atoms with E-state index in [9.17, 15) is 4.39 Å². The van der Waals surface area contributed by atoms with Gasteiger partial charge in [-0.1, -0.05) is 36.4 Å². The Kier molecular flexibility index (Phi) is 2.45. The van der Waals surface area contributed by atoms with Gasteiger partial charge >= 0.3 is 0 Å². The van der Waals surface area contributed by atoms with Crippen LogP contribution >= 0.6 is 0 Å². The van der Waals surface area contributed by atoms with Gasteiger partial charge in [-0.2, -0.15) is 0 Å². The number of halogens is 1. The van der Waals surface area contributed by atoms with Gasteiger partial charge in [-0.05, 0) is 35.2 Å². The van der Waals surface area contributed by atoms with Crippen molar-refractivity contribution >= 4 is 0 Å². The molecule has 0 aromatic heterocycles. The molecule has 0 bridgehead atoms. The van der Waals surface area contributed by atoms with Gasteiger partial charge in [-0.25, -0.2) is 4.39 Å². The molecule has 0 saturated carbocycles. The summed E-state index contributed by atoms with van der Waals surface area (Å²) in [5, 5.41) is 0. The predicted octanol–water partition coefficient (Wildman–Crippen LogP) is 3.17. The summed E-state index contributed by atoms with van der Waals surface area (Å²) in [4.78, 5) is 0. The second kappa shape index (κ2) is 3.97. The van der Waals surface area contributed by atoms with Crippen molar-refractivity contribution < 1.29 is 4.39 Å². The van der Waals surface area contributed by atoms with Crippen molar-refractivity contribution in [2.24, 2.45) is 5.73 Å². The number of hydrogen-bond donors (Lipinski definition) is 1. The highest BCUT2D eigenvalue weighted by molar-refractivity contribution is 5.42. The Morgan fingerprint density at radius 3 is 2.47 bits per heavy atom. The predicted molar refractivity (Wildman–Crippen MR) is 66.2 cm³/mol. The highest BCUT2D eigenvalue weighted by Gasteiger charge is 2.31. The molecule has 1 nitrogen and oxygen atoms in total. The number of benzene rings is 2. The van der Waals surface area contributed by atoms with Crippen LogP contribution in [0.15, 0.2) is 48.5 Å². The molecule has 2 atom stereocenters. The summed E-state index contributed by atoms with van der Waals surface area (Å²) in [5.74, 6) is 0.159. The first-order chi connectivity index (χ1) is 8.25. The van der Waals surface area contributed by atoms with Crippen LogP contribution in [0.25, 0.3) is 0 Å². The van der Waals surface area contributed by atoms with Crippen molar-refractivity contribution in [1.29, 1.82) is 0 Å². The summed E-state index contributed by atoms with van der Waals surface area (Å²) in [6, 6.07) is 14.8. The van der Waals surface area contributed by atoms with E-state index in [1.165, 1.54) is 23.3 Å². The molecule has 2 aromatic rings. The molecule has 0 spiro atoms. The summed E-state index contributed by atoms with van der Waals surface area (Å²) in [7, 11) is 0. The average Bonchev–Trinajstić information content (AvgIpc) is 2.31. The molecule has 0 fully saturated rings. The van der Waals surface area contributed by atoms with Gasteiger partial charge < -0.3 is 5.73 Å². The van der Waals surface area contributed by atoms with Gasteiger partial charge in [0, 0.05) is 12.0 Å². The molecule has 1 aliphatic rings. The fourth-order valence-corrected chi connectivity index (χ4v) is 2.54. The highest BCUT2D eigenvalue weighted by atomic mass is 19.1. The largest absolute Gasteiger partial charge is 0.323 e. The smallest absolute Gasteiger partial charge is 0.123 e. The van der Waals surface area contributed by atoms with Crippen LogP contribution in [0, 0.1) is 5.82 Å². The van der Waals surface area contributed by atoms with E-state index in [0.717, 1.165) is 12.0 Å². The van der Waals surface area contributed by atoms with E-state index >= 15 is 0 Å². The quantitative estimate of drug-likeness (QED) is 0.837. The van der Waals surface area contributed by atoms with Crippen molar-refractivity contribution in [3.63, 3.8) is 0 Å². The number of hydrogen-bond acceptors (Lipinski definition) is 1. The van der Waals surface area contributed by atoms with Gasteiger partial charge in [-0.15, -0.1) is 0 Å². The van der Waals surface area contributed by atoms with Gasteiger partial charge in [0.25, 0.3) is 0 Å². The Bertz CT molecular complexity index is 533. The SMILES string of the molecule is NC(c1ccc(F)cc1)C1Cc2ccccc21. The van der Waals surface area contributed by atoms with Crippen LogP contribution in [-0.4, -0.2) is 0 Å². The van der Waals surface area contributed by atoms with Crippen LogP contribution in [0.5, 0.6) is 0 Å². The summed E-state index contributed by atoms with van der Waals surface area (Å²) < 4.78 is 12.8. The second-order valence-electron chi connectivity index (χ2n) is 4.59. The fourth-order valence-electron chi connectivity index (χ4n) is 2.54. The number of rotatable bonds is 2. The Hall–Kier alpha value is -1.67. The van der Waals surface area contributed by atoms with Crippen LogP contribution in [0.2, 0.25) is 0 Å². The van der Waals surface area contributed by atoms with E-state index in [4.69, 9.17) is 5.73 Å². The summed E-state index contributed by atoms with van der Waals surface area (Å²) in [6.45, 7) is 0. The molecule has 0 saturated heterocycles. The van der Waals surface area contributed by atoms with Crippen LogP contribution in [-0.2, 0) is 6.42 Å². The van der Waals surface area contributed by atoms with E-state index < -0.39 is 0 Å². The zero-order chi connectivity index (χ0) is 11.8. The third-order valence-electron chi connectivity index (χ3n) is 3.58. The van der Waals surface area contributed by atoms with E-state index in [2.05, 4.69) is 18.2 Å². The van der Waals surface area contributed by atoms with Gasteiger partial charge in [0.05, 0.1) is 0 Å². The van der Waals surface area contributed by atoms with E-state index in [-0.39, 0.29) is 11.9 Å². The van der Waals surface area contributed by atoms with Gasteiger partial charge in [0.1, 0.15) is 5.82 Å². The van der Waals surface area contributed by atoms with Crippen molar-refractivity contribution in [1.82, 2.24) is 0 Å². The van der Waals surface area contributed by atoms with Gasteiger partial charge in [0.15, 0.2) is 0 Å². The van der Waals surface area contributed by atoms with Gasteiger partial charge in [0.2, 0.25) is 0 Å². The molecule has 1 aliphatic carbocycles. The monoisotopic (exact) mass is 227 g/mol. The minimum atomic E-state index is -0.213. The Morgan fingerprint density at radius 2 is 1.76 bits per heavy atom. The first-order valence-corrected chi connectivity index (χ1v) is 5.84. The Balaban J connectivity index is 1.86. The molecule has 2 heteroatoms. The number of fused-ring (bicyclic) bond motifs is 1. The summed E-state index contributed by atoms with van der Waals surface area (Å²) in [6.07, 6.45) is 1.02. The molecule has 2 unspecified atom stereocenters. The summed E-state index contributed by atoms with van der Waals surface area (Å²) in [5.41, 5.74) is 9.97. The first-order valence-electron chi connectivity index (χ1n) is 5.84. The molecule has 0 heterocycles. The standard InChI is InChI=1S/C15H14FN/c16-12-7-5-10(6-8-12)15(17)14-9-11-3-1-2-4-13(11)14/h1-8,14-15H,9,17H2. The minimum Gasteiger partial charge on any atom is -0.323 e. The van der Waals surface area contributed by atoms with E-state index in [1.54, 1.807) is 12.1 Å². The van der Waals surface area contributed by atoms with Crippen molar-refractivity contribution in [3.8, 4) is 0 Å².